The topological polar surface area (TPSA) is 48.8 Å². The van der Waals surface area contributed by atoms with Gasteiger partial charge in [-0.2, -0.15) is 0 Å². The van der Waals surface area contributed by atoms with E-state index in [0.29, 0.717) is 17.4 Å². The fraction of sp³-hybridized carbons (Fsp3) is 0.200. The highest BCUT2D eigenvalue weighted by Crippen LogP contribution is 2.20. The Kier molecular flexibility index (Phi) is 5.05. The number of halogens is 2. The highest BCUT2D eigenvalue weighted by molar-refractivity contribution is 6.32. The molecule has 0 aliphatic carbocycles. The molecule has 0 fully saturated rings. The van der Waals surface area contributed by atoms with Gasteiger partial charge in [0.05, 0.1) is 0 Å². The Balaban J connectivity index is 2.78. The van der Waals surface area contributed by atoms with Crippen LogP contribution in [0.4, 0.5) is 0 Å². The number of alkyl halides is 1. The Morgan fingerprint density at radius 2 is 2.27 bits per heavy atom. The summed E-state index contributed by atoms with van der Waals surface area (Å²) in [4.78, 5) is 2.65. The summed E-state index contributed by atoms with van der Waals surface area (Å²) in [5.74, 6) is 0.386. The van der Waals surface area contributed by atoms with E-state index in [-0.39, 0.29) is 0 Å². The van der Waals surface area contributed by atoms with Gasteiger partial charge in [0.15, 0.2) is 0 Å². The van der Waals surface area contributed by atoms with Crippen LogP contribution in [0.3, 0.4) is 0 Å². The van der Waals surface area contributed by atoms with Gasteiger partial charge in [0, 0.05) is 22.4 Å². The second kappa shape index (κ2) is 6.36. The monoisotopic (exact) mass is 241 g/mol. The van der Waals surface area contributed by atoms with Crippen LogP contribution >= 0.6 is 23.2 Å². The van der Waals surface area contributed by atoms with Crippen molar-refractivity contribution in [3.8, 4) is 0 Å². The first-order chi connectivity index (χ1) is 7.27. The highest BCUT2D eigenvalue weighted by atomic mass is 35.5. The maximum atomic E-state index is 8.07. The zero-order valence-corrected chi connectivity index (χ0v) is 9.41. The zero-order chi connectivity index (χ0) is 11.1. The second-order valence-corrected chi connectivity index (χ2v) is 3.47. The lowest BCUT2D eigenvalue weighted by Gasteiger charge is -2.00. The van der Waals surface area contributed by atoms with Crippen LogP contribution in [0.25, 0.3) is 16.5 Å². The van der Waals surface area contributed by atoms with Crippen LogP contribution in [0, 0.1) is 0 Å². The van der Waals surface area contributed by atoms with Crippen molar-refractivity contribution >= 4 is 29.3 Å². The van der Waals surface area contributed by atoms with Crippen LogP contribution in [-0.2, 0) is 5.88 Å². The van der Waals surface area contributed by atoms with Gasteiger partial charge < -0.3 is 0 Å². The number of benzene rings is 1. The number of hydrogen-bond donors (Lipinski definition) is 0. The lowest BCUT2D eigenvalue weighted by Crippen LogP contribution is -1.82. The molecule has 0 saturated carbocycles. The lowest BCUT2D eigenvalue weighted by atomic mass is 10.1. The van der Waals surface area contributed by atoms with Crippen molar-refractivity contribution in [2.75, 3.05) is 6.54 Å². The Labute approximate surface area is 97.9 Å². The van der Waals surface area contributed by atoms with Crippen LogP contribution in [0.2, 0.25) is 5.02 Å². The zero-order valence-electron chi connectivity index (χ0n) is 7.90. The molecular formula is C10H9Cl2N3. The van der Waals surface area contributed by atoms with Crippen molar-refractivity contribution in [3.63, 3.8) is 0 Å². The summed E-state index contributed by atoms with van der Waals surface area (Å²) in [6, 6.07) is 5.58. The average Bonchev–Trinajstić information content (AvgIpc) is 2.26. The average molecular weight is 242 g/mol. The van der Waals surface area contributed by atoms with Crippen molar-refractivity contribution in [2.45, 2.75) is 5.88 Å². The summed E-state index contributed by atoms with van der Waals surface area (Å²) in [6.45, 7) is 0.343. The minimum Gasteiger partial charge on any atom is -0.121 e. The Bertz CT molecular complexity index is 409. The van der Waals surface area contributed by atoms with Gasteiger partial charge in [0.25, 0.3) is 0 Å². The summed E-state index contributed by atoms with van der Waals surface area (Å²) < 4.78 is 0. The van der Waals surface area contributed by atoms with E-state index < -0.39 is 0 Å². The minimum atomic E-state index is 0.343. The molecule has 0 amide bonds. The number of rotatable bonds is 4. The smallest absolute Gasteiger partial charge is 0.0489 e. The molecule has 15 heavy (non-hydrogen) atoms. The maximum Gasteiger partial charge on any atom is 0.0489 e. The number of nitrogens with zero attached hydrogens (tertiary/aromatic N) is 3. The molecule has 78 valence electrons. The van der Waals surface area contributed by atoms with Crippen molar-refractivity contribution in [1.82, 2.24) is 0 Å². The molecule has 0 atom stereocenters. The molecule has 0 aliphatic rings. The van der Waals surface area contributed by atoms with E-state index in [9.17, 15) is 0 Å². The summed E-state index contributed by atoms with van der Waals surface area (Å²) in [5.41, 5.74) is 9.95. The molecule has 1 rings (SSSR count). The maximum absolute atomic E-state index is 8.07. The predicted molar refractivity (Wildman–Crippen MR) is 64.1 cm³/mol. The molecule has 0 saturated heterocycles. The van der Waals surface area contributed by atoms with Crippen molar-refractivity contribution in [1.29, 1.82) is 0 Å². The standard InChI is InChI=1S/C10H9Cl2N3/c11-7-9-6-8(3-4-10(9)12)2-1-5-14-15-13/h1-4,6H,5,7H2. The molecule has 0 bridgehead atoms. The lowest BCUT2D eigenvalue weighted by molar-refractivity contribution is 1.22. The van der Waals surface area contributed by atoms with Gasteiger partial charge in [0.1, 0.15) is 0 Å². The summed E-state index contributed by atoms with van der Waals surface area (Å²) in [7, 11) is 0. The third-order valence-electron chi connectivity index (χ3n) is 1.77. The Morgan fingerprint density at radius 3 is 2.93 bits per heavy atom. The van der Waals surface area contributed by atoms with E-state index >= 15 is 0 Å². The van der Waals surface area contributed by atoms with Crippen molar-refractivity contribution in [2.24, 2.45) is 5.11 Å². The molecule has 0 spiro atoms. The largest absolute Gasteiger partial charge is 0.121 e. The molecular weight excluding hydrogens is 233 g/mol. The van der Waals surface area contributed by atoms with Crippen molar-refractivity contribution in [3.05, 3.63) is 50.9 Å². The van der Waals surface area contributed by atoms with Gasteiger partial charge in [-0.25, -0.2) is 0 Å². The van der Waals surface area contributed by atoms with Crippen LogP contribution in [0.1, 0.15) is 11.1 Å². The molecule has 3 nitrogen and oxygen atoms in total. The van der Waals surface area contributed by atoms with E-state index in [1.807, 2.05) is 18.2 Å². The summed E-state index contributed by atoms with van der Waals surface area (Å²) in [6.07, 6.45) is 3.64. The number of azide groups is 1. The van der Waals surface area contributed by atoms with E-state index in [1.165, 1.54) is 0 Å². The van der Waals surface area contributed by atoms with Crippen LogP contribution < -0.4 is 0 Å². The van der Waals surface area contributed by atoms with Gasteiger partial charge in [-0.05, 0) is 28.8 Å². The first-order valence-corrected chi connectivity index (χ1v) is 5.21. The summed E-state index contributed by atoms with van der Waals surface area (Å²) in [5, 5.41) is 4.05. The Hall–Kier alpha value is -1.15. The molecule has 0 N–H and O–H groups in total. The SMILES string of the molecule is [N-]=[N+]=NCC=Cc1ccc(Cl)c(CCl)c1. The normalized spacial score (nSPS) is 10.3. The second-order valence-electron chi connectivity index (χ2n) is 2.80. The summed E-state index contributed by atoms with van der Waals surface area (Å²) >= 11 is 11.6. The van der Waals surface area contributed by atoms with E-state index in [2.05, 4.69) is 10.0 Å². The first kappa shape index (κ1) is 11.9. The predicted octanol–water partition coefficient (Wildman–Crippen LogP) is 4.40. The van der Waals surface area contributed by atoms with Gasteiger partial charge in [0.2, 0.25) is 0 Å². The van der Waals surface area contributed by atoms with Gasteiger partial charge >= 0.3 is 0 Å². The third kappa shape index (κ3) is 3.84. The first-order valence-electron chi connectivity index (χ1n) is 4.29. The van der Waals surface area contributed by atoms with E-state index in [4.69, 9.17) is 28.7 Å². The molecule has 0 unspecified atom stereocenters. The van der Waals surface area contributed by atoms with E-state index in [1.54, 1.807) is 12.1 Å². The quantitative estimate of drug-likeness (QED) is 0.325. The van der Waals surface area contributed by atoms with Gasteiger partial charge in [-0.1, -0.05) is 34.9 Å². The highest BCUT2D eigenvalue weighted by Gasteiger charge is 1.98. The minimum absolute atomic E-state index is 0.343. The molecule has 0 aliphatic heterocycles. The van der Waals surface area contributed by atoms with Gasteiger partial charge in [-0.3, -0.25) is 0 Å². The van der Waals surface area contributed by atoms with Crippen LogP contribution in [-0.4, -0.2) is 6.54 Å². The molecule has 1 aromatic rings. The fourth-order valence-corrected chi connectivity index (χ4v) is 1.55. The van der Waals surface area contributed by atoms with E-state index in [0.717, 1.165) is 11.1 Å². The fourth-order valence-electron chi connectivity index (χ4n) is 1.07. The Morgan fingerprint density at radius 1 is 1.47 bits per heavy atom. The molecule has 0 aromatic heterocycles. The third-order valence-corrected chi connectivity index (χ3v) is 2.43. The molecule has 0 radical (unpaired) electrons. The number of hydrogen-bond acceptors (Lipinski definition) is 1. The molecule has 1 aromatic carbocycles. The van der Waals surface area contributed by atoms with Gasteiger partial charge in [-0.15, -0.1) is 11.6 Å². The molecule has 0 heterocycles. The van der Waals surface area contributed by atoms with Crippen LogP contribution in [0.15, 0.2) is 29.4 Å². The van der Waals surface area contributed by atoms with Crippen molar-refractivity contribution < 1.29 is 0 Å². The van der Waals surface area contributed by atoms with Crippen LogP contribution in [0.5, 0.6) is 0 Å². The molecule has 5 heteroatoms.